The molecule has 0 spiro atoms. The summed E-state index contributed by atoms with van der Waals surface area (Å²) in [6, 6.07) is 4.17. The number of ether oxygens (including phenoxy) is 2. The zero-order valence-corrected chi connectivity index (χ0v) is 21.0. The molecule has 35 heavy (non-hydrogen) atoms. The highest BCUT2D eigenvalue weighted by Crippen LogP contribution is 2.30. The number of pyridine rings is 1. The molecule has 9 heteroatoms. The second-order valence-corrected chi connectivity index (χ2v) is 9.85. The number of amides is 1. The monoisotopic (exact) mass is 481 g/mol. The van der Waals surface area contributed by atoms with Gasteiger partial charge in [-0.1, -0.05) is 0 Å². The molecular weight excluding hydrogens is 446 g/mol. The standard InChI is InChI=1S/C26H35N5O4/c1-16(2)31-25-22(13-28-31)21(12-23(29-25)20-11-17(3)35-18(20)4)26(32)27-14-24(19-5-8-34-15-19)30-6-9-33-10-7-30/h11-13,16,19,24H,5-10,14-15H2,1-4H3,(H,27,32). The number of fused-ring (bicyclic) bond motifs is 1. The minimum absolute atomic E-state index is 0.114. The average molecular weight is 482 g/mol. The first kappa shape index (κ1) is 24.0. The van der Waals surface area contributed by atoms with Gasteiger partial charge in [0.05, 0.1) is 42.7 Å². The summed E-state index contributed by atoms with van der Waals surface area (Å²) in [4.78, 5) is 21.0. The SMILES string of the molecule is Cc1cc(-c2cc(C(=O)NCC(C3CCOC3)N3CCOCC3)c3cnn(C(C)C)c3n2)c(C)o1. The molecule has 0 saturated carbocycles. The predicted molar refractivity (Wildman–Crippen MR) is 133 cm³/mol. The maximum Gasteiger partial charge on any atom is 0.252 e. The van der Waals surface area contributed by atoms with Gasteiger partial charge in [-0.3, -0.25) is 9.69 Å². The molecule has 0 bridgehead atoms. The molecule has 3 aromatic rings. The molecule has 1 amide bonds. The van der Waals surface area contributed by atoms with Crippen molar-refractivity contribution in [1.29, 1.82) is 0 Å². The van der Waals surface area contributed by atoms with E-state index in [-0.39, 0.29) is 18.0 Å². The van der Waals surface area contributed by atoms with E-state index in [4.69, 9.17) is 18.9 Å². The molecule has 2 aliphatic rings. The van der Waals surface area contributed by atoms with Gasteiger partial charge in [0.2, 0.25) is 0 Å². The number of morpholine rings is 1. The van der Waals surface area contributed by atoms with E-state index in [1.807, 2.05) is 30.7 Å². The number of nitrogens with zero attached hydrogens (tertiary/aromatic N) is 4. The smallest absolute Gasteiger partial charge is 0.252 e. The fourth-order valence-corrected chi connectivity index (χ4v) is 5.26. The van der Waals surface area contributed by atoms with Gasteiger partial charge in [-0.25, -0.2) is 9.67 Å². The Balaban J connectivity index is 1.46. The lowest BCUT2D eigenvalue weighted by atomic mass is 9.96. The molecule has 2 unspecified atom stereocenters. The summed E-state index contributed by atoms with van der Waals surface area (Å²) in [5.41, 5.74) is 2.89. The number of rotatable bonds is 7. The van der Waals surface area contributed by atoms with Crippen molar-refractivity contribution in [3.05, 3.63) is 35.4 Å². The Morgan fingerprint density at radius 3 is 2.63 bits per heavy atom. The highest BCUT2D eigenvalue weighted by atomic mass is 16.5. The van der Waals surface area contributed by atoms with E-state index in [1.54, 1.807) is 6.20 Å². The van der Waals surface area contributed by atoms with E-state index in [1.165, 1.54) is 0 Å². The number of carbonyl (C=O) groups is 1. The molecule has 1 N–H and O–H groups in total. The number of furan rings is 1. The molecule has 2 fully saturated rings. The Bertz CT molecular complexity index is 1190. The van der Waals surface area contributed by atoms with Crippen LogP contribution in [-0.4, -0.2) is 77.7 Å². The van der Waals surface area contributed by atoms with Gasteiger partial charge in [0.15, 0.2) is 5.65 Å². The second-order valence-electron chi connectivity index (χ2n) is 9.85. The number of aryl methyl sites for hydroxylation is 2. The van der Waals surface area contributed by atoms with E-state index >= 15 is 0 Å². The minimum Gasteiger partial charge on any atom is -0.466 e. The third kappa shape index (κ3) is 4.85. The van der Waals surface area contributed by atoms with Crippen LogP contribution in [0.15, 0.2) is 22.7 Å². The molecule has 188 valence electrons. The summed E-state index contributed by atoms with van der Waals surface area (Å²) in [7, 11) is 0. The van der Waals surface area contributed by atoms with Gasteiger partial charge in [-0.15, -0.1) is 0 Å². The van der Waals surface area contributed by atoms with Crippen molar-refractivity contribution in [2.75, 3.05) is 46.1 Å². The molecule has 0 radical (unpaired) electrons. The minimum atomic E-state index is -0.114. The van der Waals surface area contributed by atoms with Crippen LogP contribution in [0.25, 0.3) is 22.3 Å². The van der Waals surface area contributed by atoms with Gasteiger partial charge in [0.1, 0.15) is 11.5 Å². The van der Waals surface area contributed by atoms with Gasteiger partial charge in [0, 0.05) is 49.8 Å². The fourth-order valence-electron chi connectivity index (χ4n) is 5.26. The Morgan fingerprint density at radius 2 is 1.97 bits per heavy atom. The van der Waals surface area contributed by atoms with E-state index < -0.39 is 0 Å². The first-order valence-corrected chi connectivity index (χ1v) is 12.6. The van der Waals surface area contributed by atoms with Gasteiger partial charge < -0.3 is 19.2 Å². The molecule has 0 aromatic carbocycles. The number of hydrogen-bond donors (Lipinski definition) is 1. The van der Waals surface area contributed by atoms with Crippen LogP contribution in [0, 0.1) is 19.8 Å². The van der Waals surface area contributed by atoms with E-state index in [0.29, 0.717) is 29.4 Å². The van der Waals surface area contributed by atoms with Crippen LogP contribution in [0.1, 0.15) is 48.2 Å². The van der Waals surface area contributed by atoms with Crippen molar-refractivity contribution in [3.63, 3.8) is 0 Å². The molecule has 9 nitrogen and oxygen atoms in total. The van der Waals surface area contributed by atoms with Crippen LogP contribution in [0.4, 0.5) is 0 Å². The van der Waals surface area contributed by atoms with Crippen molar-refractivity contribution in [3.8, 4) is 11.3 Å². The van der Waals surface area contributed by atoms with Crippen LogP contribution in [0.2, 0.25) is 0 Å². The van der Waals surface area contributed by atoms with Gasteiger partial charge in [0.25, 0.3) is 5.91 Å². The summed E-state index contributed by atoms with van der Waals surface area (Å²) in [6.45, 7) is 13.2. The van der Waals surface area contributed by atoms with Gasteiger partial charge in [-0.2, -0.15) is 5.10 Å². The zero-order valence-electron chi connectivity index (χ0n) is 21.0. The number of hydrogen-bond acceptors (Lipinski definition) is 7. The predicted octanol–water partition coefficient (Wildman–Crippen LogP) is 3.36. The molecule has 2 aliphatic heterocycles. The van der Waals surface area contributed by atoms with E-state index in [9.17, 15) is 4.79 Å². The first-order valence-electron chi connectivity index (χ1n) is 12.6. The topological polar surface area (TPSA) is 94.7 Å². The number of carbonyl (C=O) groups excluding carboxylic acids is 1. The lowest BCUT2D eigenvalue weighted by Gasteiger charge is -2.37. The van der Waals surface area contributed by atoms with Crippen LogP contribution < -0.4 is 5.32 Å². The third-order valence-corrected chi connectivity index (χ3v) is 7.11. The first-order chi connectivity index (χ1) is 16.9. The molecule has 3 aromatic heterocycles. The Hall–Kier alpha value is -2.75. The van der Waals surface area contributed by atoms with Gasteiger partial charge >= 0.3 is 0 Å². The van der Waals surface area contributed by atoms with Gasteiger partial charge in [-0.05, 0) is 46.2 Å². The van der Waals surface area contributed by atoms with E-state index in [0.717, 1.165) is 68.4 Å². The van der Waals surface area contributed by atoms with Crippen LogP contribution in [-0.2, 0) is 9.47 Å². The Kier molecular flexibility index (Phi) is 6.91. The number of aromatic nitrogens is 3. The lowest BCUT2D eigenvalue weighted by molar-refractivity contribution is 0.00167. The van der Waals surface area contributed by atoms with Crippen LogP contribution in [0.5, 0.6) is 0 Å². The average Bonchev–Trinajstić information content (AvgIpc) is 3.59. The Morgan fingerprint density at radius 1 is 1.17 bits per heavy atom. The normalized spacial score (nSPS) is 20.1. The molecule has 2 atom stereocenters. The summed E-state index contributed by atoms with van der Waals surface area (Å²) in [6.07, 6.45) is 2.76. The van der Waals surface area contributed by atoms with Crippen molar-refractivity contribution in [2.24, 2.45) is 5.92 Å². The van der Waals surface area contributed by atoms with Crippen molar-refractivity contribution < 1.29 is 18.7 Å². The third-order valence-electron chi connectivity index (χ3n) is 7.11. The van der Waals surface area contributed by atoms with Crippen molar-refractivity contribution in [1.82, 2.24) is 25.0 Å². The maximum absolute atomic E-state index is 13.6. The van der Waals surface area contributed by atoms with E-state index in [2.05, 4.69) is 29.2 Å². The second kappa shape index (κ2) is 10.1. The van der Waals surface area contributed by atoms with Crippen LogP contribution in [0.3, 0.4) is 0 Å². The summed E-state index contributed by atoms with van der Waals surface area (Å²) in [5.74, 6) is 1.89. The quantitative estimate of drug-likeness (QED) is 0.553. The highest BCUT2D eigenvalue weighted by Gasteiger charge is 2.32. The van der Waals surface area contributed by atoms with Crippen LogP contribution >= 0.6 is 0 Å². The zero-order chi connectivity index (χ0) is 24.5. The number of nitrogens with one attached hydrogen (secondary N) is 1. The molecule has 0 aliphatic carbocycles. The summed E-state index contributed by atoms with van der Waals surface area (Å²) in [5, 5.41) is 8.54. The van der Waals surface area contributed by atoms with Crippen molar-refractivity contribution >= 4 is 16.9 Å². The largest absolute Gasteiger partial charge is 0.466 e. The Labute approximate surface area is 205 Å². The highest BCUT2D eigenvalue weighted by molar-refractivity contribution is 6.06. The molecular formula is C26H35N5O4. The molecule has 5 heterocycles. The summed E-state index contributed by atoms with van der Waals surface area (Å²) >= 11 is 0. The molecule has 2 saturated heterocycles. The maximum atomic E-state index is 13.6. The van der Waals surface area contributed by atoms with Crippen molar-refractivity contribution in [2.45, 2.75) is 46.2 Å². The fraction of sp³-hybridized carbons (Fsp3) is 0.577. The molecule has 5 rings (SSSR count). The summed E-state index contributed by atoms with van der Waals surface area (Å²) < 4.78 is 18.9. The lowest BCUT2D eigenvalue weighted by Crippen LogP contribution is -2.52.